The van der Waals surface area contributed by atoms with Gasteiger partial charge in [-0.2, -0.15) is 11.8 Å². The van der Waals surface area contributed by atoms with Crippen molar-refractivity contribution >= 4 is 11.8 Å². The number of nitrogens with zero attached hydrogens (tertiary/aromatic N) is 2. The van der Waals surface area contributed by atoms with E-state index in [0.717, 1.165) is 8.97 Å². The molecule has 0 spiro atoms. The van der Waals surface area contributed by atoms with E-state index in [1.165, 1.54) is 24.6 Å². The Morgan fingerprint density at radius 2 is 0.933 bits per heavy atom. The van der Waals surface area contributed by atoms with Gasteiger partial charge in [0.05, 0.1) is 55.4 Å². The Kier molecular flexibility index (Phi) is 14.2. The third-order valence-corrected chi connectivity index (χ3v) is 2.76. The molecular formula is C10H26I2N2S. The quantitative estimate of drug-likeness (QED) is 0.218. The predicted molar refractivity (Wildman–Crippen MR) is 63.1 cm³/mol. The fraction of sp³-hybridized carbons (Fsp3) is 1.00. The Hall–Kier alpha value is 1.73. The number of hydrogen-bond acceptors (Lipinski definition) is 1. The lowest BCUT2D eigenvalue weighted by Crippen LogP contribution is -3.00. The predicted octanol–water partition coefficient (Wildman–Crippen LogP) is -4.86. The highest BCUT2D eigenvalue weighted by atomic mass is 127. The molecule has 0 aliphatic rings. The maximum absolute atomic E-state index is 2.25. The molecule has 0 N–H and O–H groups in total. The van der Waals surface area contributed by atoms with Crippen LogP contribution < -0.4 is 48.0 Å². The van der Waals surface area contributed by atoms with Gasteiger partial charge >= 0.3 is 0 Å². The SMILES string of the molecule is C[N+](C)(C)CCSCC[N+](C)(C)C.[I-].[I-]. The number of hydrogen-bond donors (Lipinski definition) is 0. The summed E-state index contributed by atoms with van der Waals surface area (Å²) in [6, 6.07) is 0. The van der Waals surface area contributed by atoms with Crippen molar-refractivity contribution in [2.24, 2.45) is 0 Å². The summed E-state index contributed by atoms with van der Waals surface area (Å²) < 4.78 is 2.16. The lowest BCUT2D eigenvalue weighted by Gasteiger charge is -2.25. The number of thioether (sulfide) groups is 1. The highest BCUT2D eigenvalue weighted by Gasteiger charge is 2.08. The van der Waals surface area contributed by atoms with E-state index < -0.39 is 0 Å². The van der Waals surface area contributed by atoms with Crippen molar-refractivity contribution in [2.45, 2.75) is 0 Å². The van der Waals surface area contributed by atoms with Crippen LogP contribution in [0.4, 0.5) is 0 Å². The second-order valence-corrected chi connectivity index (χ2v) is 6.86. The summed E-state index contributed by atoms with van der Waals surface area (Å²) in [6.07, 6.45) is 0. The van der Waals surface area contributed by atoms with Gasteiger partial charge in [0.25, 0.3) is 0 Å². The topological polar surface area (TPSA) is 0 Å². The molecule has 0 aliphatic carbocycles. The molecule has 0 unspecified atom stereocenters. The van der Waals surface area contributed by atoms with E-state index in [1.54, 1.807) is 0 Å². The molecule has 0 rings (SSSR count). The van der Waals surface area contributed by atoms with Gasteiger partial charge in [-0.25, -0.2) is 0 Å². The summed E-state index contributed by atoms with van der Waals surface area (Å²) in [7, 11) is 13.5. The monoisotopic (exact) mass is 460 g/mol. The van der Waals surface area contributed by atoms with Crippen molar-refractivity contribution in [2.75, 3.05) is 66.9 Å². The Labute approximate surface area is 134 Å². The molecule has 0 aromatic carbocycles. The van der Waals surface area contributed by atoms with E-state index in [0.29, 0.717) is 0 Å². The van der Waals surface area contributed by atoms with Crippen LogP contribution >= 0.6 is 11.8 Å². The van der Waals surface area contributed by atoms with Gasteiger partial charge in [-0.3, -0.25) is 0 Å². The molecular weight excluding hydrogens is 434 g/mol. The molecule has 0 aromatic rings. The van der Waals surface area contributed by atoms with Crippen molar-refractivity contribution in [3.05, 3.63) is 0 Å². The van der Waals surface area contributed by atoms with Crippen molar-refractivity contribution in [3.8, 4) is 0 Å². The van der Waals surface area contributed by atoms with Crippen LogP contribution in [0.2, 0.25) is 0 Å². The summed E-state index contributed by atoms with van der Waals surface area (Å²) in [5.74, 6) is 2.56. The van der Waals surface area contributed by atoms with Crippen LogP contribution in [-0.2, 0) is 0 Å². The first-order valence-electron chi connectivity index (χ1n) is 4.89. The highest BCUT2D eigenvalue weighted by molar-refractivity contribution is 7.99. The van der Waals surface area contributed by atoms with Gasteiger partial charge in [-0.15, -0.1) is 0 Å². The lowest BCUT2D eigenvalue weighted by atomic mass is 10.6. The highest BCUT2D eigenvalue weighted by Crippen LogP contribution is 2.04. The van der Waals surface area contributed by atoms with E-state index >= 15 is 0 Å². The summed E-state index contributed by atoms with van der Waals surface area (Å²) in [4.78, 5) is 0. The fourth-order valence-electron chi connectivity index (χ4n) is 0.779. The van der Waals surface area contributed by atoms with Gasteiger partial charge in [-0.05, 0) is 0 Å². The zero-order chi connectivity index (χ0) is 10.5. The molecule has 0 aromatic heterocycles. The van der Waals surface area contributed by atoms with Gasteiger partial charge in [0.1, 0.15) is 0 Å². The molecule has 0 radical (unpaired) electrons. The number of quaternary nitrogens is 2. The van der Waals surface area contributed by atoms with E-state index in [2.05, 4.69) is 54.0 Å². The number of rotatable bonds is 6. The minimum Gasteiger partial charge on any atom is -1.00 e. The third-order valence-electron chi connectivity index (χ3n) is 1.81. The molecule has 0 fully saturated rings. The van der Waals surface area contributed by atoms with E-state index in [4.69, 9.17) is 0 Å². The van der Waals surface area contributed by atoms with Crippen molar-refractivity contribution < 1.29 is 56.9 Å². The zero-order valence-electron chi connectivity index (χ0n) is 10.9. The van der Waals surface area contributed by atoms with Gasteiger partial charge < -0.3 is 56.9 Å². The molecule has 0 atom stereocenters. The van der Waals surface area contributed by atoms with Crippen LogP contribution in [0.25, 0.3) is 0 Å². The Morgan fingerprint density at radius 3 is 1.13 bits per heavy atom. The largest absolute Gasteiger partial charge is 1.00 e. The van der Waals surface area contributed by atoms with Gasteiger partial charge in [0, 0.05) is 11.5 Å². The molecule has 0 aliphatic heterocycles. The second-order valence-electron chi connectivity index (χ2n) is 5.64. The van der Waals surface area contributed by atoms with Crippen LogP contribution in [0, 0.1) is 0 Å². The normalized spacial score (nSPS) is 11.6. The smallest absolute Gasteiger partial charge is 0.0872 e. The Balaban J connectivity index is -0.000000720. The molecule has 96 valence electrons. The van der Waals surface area contributed by atoms with Crippen LogP contribution in [0.3, 0.4) is 0 Å². The maximum Gasteiger partial charge on any atom is 0.0872 e. The summed E-state index contributed by atoms with van der Waals surface area (Å²) in [6.45, 7) is 2.53. The summed E-state index contributed by atoms with van der Waals surface area (Å²) in [5.41, 5.74) is 0. The maximum atomic E-state index is 2.25. The van der Waals surface area contributed by atoms with Crippen LogP contribution in [-0.4, -0.2) is 75.8 Å². The molecule has 0 amide bonds. The second kappa shape index (κ2) is 9.73. The first-order chi connectivity index (χ1) is 5.71. The molecule has 0 heterocycles. The zero-order valence-corrected chi connectivity index (χ0v) is 16.0. The molecule has 5 heteroatoms. The van der Waals surface area contributed by atoms with E-state index in [1.807, 2.05) is 0 Å². The van der Waals surface area contributed by atoms with Gasteiger partial charge in [-0.1, -0.05) is 0 Å². The minimum atomic E-state index is 0. The summed E-state index contributed by atoms with van der Waals surface area (Å²) in [5, 5.41) is 0. The summed E-state index contributed by atoms with van der Waals surface area (Å²) >= 11 is 2.08. The van der Waals surface area contributed by atoms with Crippen LogP contribution in [0.5, 0.6) is 0 Å². The Morgan fingerprint density at radius 1 is 0.667 bits per heavy atom. The van der Waals surface area contributed by atoms with Crippen LogP contribution in [0.1, 0.15) is 0 Å². The Bertz CT molecular complexity index is 125. The fourth-order valence-corrected chi connectivity index (χ4v) is 2.34. The van der Waals surface area contributed by atoms with Gasteiger partial charge in [0.15, 0.2) is 0 Å². The molecule has 0 bridgehead atoms. The molecule has 0 saturated carbocycles. The third kappa shape index (κ3) is 21.6. The minimum absolute atomic E-state index is 0. The van der Waals surface area contributed by atoms with E-state index in [-0.39, 0.29) is 48.0 Å². The average Bonchev–Trinajstić information content (AvgIpc) is 1.81. The lowest BCUT2D eigenvalue weighted by molar-refractivity contribution is -0.868. The van der Waals surface area contributed by atoms with Crippen molar-refractivity contribution in [1.82, 2.24) is 0 Å². The first-order valence-corrected chi connectivity index (χ1v) is 6.05. The van der Waals surface area contributed by atoms with Crippen LogP contribution in [0.15, 0.2) is 0 Å². The number of halogens is 2. The molecule has 15 heavy (non-hydrogen) atoms. The first kappa shape index (κ1) is 22.0. The average molecular weight is 460 g/mol. The van der Waals surface area contributed by atoms with E-state index in [9.17, 15) is 0 Å². The molecule has 0 saturated heterocycles. The standard InChI is InChI=1S/C10H26N2S.2HI/c1-11(2,3)7-9-13-10-8-12(4,5)6;;/h7-10H2,1-6H3;2*1H/q+2;;/p-2. The van der Waals surface area contributed by atoms with Crippen molar-refractivity contribution in [1.29, 1.82) is 0 Å². The van der Waals surface area contributed by atoms with Crippen molar-refractivity contribution in [3.63, 3.8) is 0 Å². The molecule has 2 nitrogen and oxygen atoms in total. The van der Waals surface area contributed by atoms with Gasteiger partial charge in [0.2, 0.25) is 0 Å².